The molecule has 0 spiro atoms. The van der Waals surface area contributed by atoms with Crippen LogP contribution in [0.1, 0.15) is 37.7 Å². The average molecular weight is 377 g/mol. The minimum Gasteiger partial charge on any atom is -0.369 e. The number of carbonyl (C=O) groups excluding carboxylic acids is 2. The van der Waals surface area contributed by atoms with Crippen molar-refractivity contribution < 1.29 is 18.4 Å². The van der Waals surface area contributed by atoms with Crippen LogP contribution in [0.25, 0.3) is 0 Å². The van der Waals surface area contributed by atoms with Crippen LogP contribution in [0, 0.1) is 11.8 Å². The number of primary amides is 1. The third kappa shape index (κ3) is 2.87. The average Bonchev–Trinajstić information content (AvgIpc) is 3.19. The van der Waals surface area contributed by atoms with Crippen molar-refractivity contribution >= 4 is 11.9 Å². The molecule has 2 saturated carbocycles. The summed E-state index contributed by atoms with van der Waals surface area (Å²) in [6.45, 7) is 0.397. The molecule has 0 radical (unpaired) electrons. The van der Waals surface area contributed by atoms with Crippen molar-refractivity contribution in [2.75, 3.05) is 13.1 Å². The van der Waals surface area contributed by atoms with Crippen molar-refractivity contribution in [1.29, 1.82) is 0 Å². The molecule has 1 saturated heterocycles. The van der Waals surface area contributed by atoms with Gasteiger partial charge in [0.1, 0.15) is 0 Å². The zero-order valence-electron chi connectivity index (χ0n) is 15.2. The lowest BCUT2D eigenvalue weighted by molar-refractivity contribution is -0.122. The van der Waals surface area contributed by atoms with Crippen molar-refractivity contribution in [3.8, 4) is 0 Å². The zero-order chi connectivity index (χ0) is 19.2. The molecule has 2 aliphatic carbocycles. The van der Waals surface area contributed by atoms with Crippen molar-refractivity contribution in [2.24, 2.45) is 17.6 Å². The van der Waals surface area contributed by atoms with Gasteiger partial charge in [-0.3, -0.25) is 4.79 Å². The van der Waals surface area contributed by atoms with Gasteiger partial charge in [0.15, 0.2) is 0 Å². The Kier molecular flexibility index (Phi) is 4.35. The Bertz CT molecular complexity index is 734. The van der Waals surface area contributed by atoms with Crippen LogP contribution in [0.2, 0.25) is 0 Å². The summed E-state index contributed by atoms with van der Waals surface area (Å²) in [5, 5.41) is 2.96. The summed E-state index contributed by atoms with van der Waals surface area (Å²) < 4.78 is 29.3. The van der Waals surface area contributed by atoms with E-state index in [1.807, 2.05) is 6.07 Å². The van der Waals surface area contributed by atoms with Gasteiger partial charge in [-0.15, -0.1) is 0 Å². The second-order valence-electron chi connectivity index (χ2n) is 8.11. The van der Waals surface area contributed by atoms with E-state index in [4.69, 9.17) is 5.73 Å². The highest BCUT2D eigenvalue weighted by atomic mass is 19.3. The molecule has 2 atom stereocenters. The van der Waals surface area contributed by atoms with Gasteiger partial charge in [-0.2, -0.15) is 0 Å². The molecule has 1 aromatic carbocycles. The topological polar surface area (TPSA) is 75.4 Å². The molecule has 4 rings (SSSR count). The smallest absolute Gasteiger partial charge is 0.317 e. The number of nitrogens with two attached hydrogens (primary N) is 1. The second kappa shape index (κ2) is 6.46. The van der Waals surface area contributed by atoms with Crippen molar-refractivity contribution in [3.05, 3.63) is 35.9 Å². The van der Waals surface area contributed by atoms with Gasteiger partial charge in [0.2, 0.25) is 5.91 Å². The van der Waals surface area contributed by atoms with Gasteiger partial charge in [-0.25, -0.2) is 13.6 Å². The van der Waals surface area contributed by atoms with Crippen LogP contribution in [0.3, 0.4) is 0 Å². The number of likely N-dealkylation sites (tertiary alicyclic amines) is 1. The van der Waals surface area contributed by atoms with Crippen LogP contribution >= 0.6 is 0 Å². The Morgan fingerprint density at radius 2 is 1.78 bits per heavy atom. The molecule has 7 heteroatoms. The molecule has 27 heavy (non-hydrogen) atoms. The van der Waals surface area contributed by atoms with E-state index in [2.05, 4.69) is 5.32 Å². The highest BCUT2D eigenvalue weighted by Crippen LogP contribution is 2.70. The van der Waals surface area contributed by atoms with Gasteiger partial charge in [-0.1, -0.05) is 30.3 Å². The standard InChI is InChI=1S/C20H25F2N3O2/c21-20(22)16-12-25(11-10-19(16,20)14-4-2-1-3-5-14)18(27)24-15-8-6-13(7-9-15)17(23)26/h1-5,13,15-16H,6-12H2,(H2,23,26)(H,24,27). The number of alkyl halides is 2. The number of nitrogens with one attached hydrogen (secondary N) is 1. The molecule has 1 aliphatic heterocycles. The number of hydrogen-bond acceptors (Lipinski definition) is 2. The lowest BCUT2D eigenvalue weighted by Gasteiger charge is -2.33. The molecule has 0 aromatic heterocycles. The molecule has 146 valence electrons. The molecule has 2 unspecified atom stereocenters. The number of halogens is 2. The molecule has 3 fully saturated rings. The maximum absolute atomic E-state index is 14.7. The predicted octanol–water partition coefficient (Wildman–Crippen LogP) is 2.65. The summed E-state index contributed by atoms with van der Waals surface area (Å²) in [5.41, 5.74) is 4.88. The quantitative estimate of drug-likeness (QED) is 0.850. The van der Waals surface area contributed by atoms with Crippen LogP contribution in [-0.4, -0.2) is 41.9 Å². The maximum Gasteiger partial charge on any atom is 0.317 e. The van der Waals surface area contributed by atoms with Crippen LogP contribution < -0.4 is 11.1 Å². The first kappa shape index (κ1) is 18.2. The van der Waals surface area contributed by atoms with E-state index < -0.39 is 17.3 Å². The Balaban J connectivity index is 1.37. The van der Waals surface area contributed by atoms with Gasteiger partial charge >= 0.3 is 6.03 Å². The Labute approximate surface area is 157 Å². The molecular formula is C20H25F2N3O2. The first-order valence-corrected chi connectivity index (χ1v) is 9.64. The first-order valence-electron chi connectivity index (χ1n) is 9.64. The van der Waals surface area contributed by atoms with Gasteiger partial charge in [0, 0.05) is 25.0 Å². The molecule has 1 heterocycles. The minimum atomic E-state index is -2.77. The van der Waals surface area contributed by atoms with E-state index in [-0.39, 0.29) is 36.9 Å². The van der Waals surface area contributed by atoms with Crippen molar-refractivity contribution in [2.45, 2.75) is 49.5 Å². The third-order valence-electron chi connectivity index (χ3n) is 6.76. The molecule has 3 N–H and O–H groups in total. The highest BCUT2D eigenvalue weighted by molar-refractivity contribution is 5.77. The lowest BCUT2D eigenvalue weighted by Crippen LogP contribution is -2.49. The van der Waals surface area contributed by atoms with Crippen LogP contribution in [0.5, 0.6) is 0 Å². The number of benzene rings is 1. The van der Waals surface area contributed by atoms with Crippen LogP contribution in [-0.2, 0) is 10.2 Å². The first-order chi connectivity index (χ1) is 12.9. The number of nitrogens with zero attached hydrogens (tertiary/aromatic N) is 1. The van der Waals surface area contributed by atoms with E-state index in [0.717, 1.165) is 0 Å². The third-order valence-corrected chi connectivity index (χ3v) is 6.76. The fourth-order valence-electron chi connectivity index (χ4n) is 5.01. The Morgan fingerprint density at radius 3 is 2.37 bits per heavy atom. The number of hydrogen-bond donors (Lipinski definition) is 2. The van der Waals surface area contributed by atoms with E-state index in [1.165, 1.54) is 4.90 Å². The van der Waals surface area contributed by atoms with Gasteiger partial charge in [0.25, 0.3) is 5.92 Å². The SMILES string of the molecule is NC(=O)C1CCC(NC(=O)N2CCC3(c4ccccc4)C(C2)C3(F)F)CC1. The normalized spacial score (nSPS) is 34.4. The summed E-state index contributed by atoms with van der Waals surface area (Å²) in [7, 11) is 0. The largest absolute Gasteiger partial charge is 0.369 e. The number of fused-ring (bicyclic) bond motifs is 1. The van der Waals surface area contributed by atoms with E-state index >= 15 is 0 Å². The van der Waals surface area contributed by atoms with Crippen molar-refractivity contribution in [3.63, 3.8) is 0 Å². The molecule has 3 amide bonds. The van der Waals surface area contributed by atoms with Crippen molar-refractivity contribution in [1.82, 2.24) is 10.2 Å². The van der Waals surface area contributed by atoms with Gasteiger partial charge < -0.3 is 16.0 Å². The Hall–Kier alpha value is -2.18. The molecule has 5 nitrogen and oxygen atoms in total. The second-order valence-corrected chi connectivity index (χ2v) is 8.11. The molecule has 1 aromatic rings. The van der Waals surface area contributed by atoms with Crippen LogP contribution in [0.15, 0.2) is 30.3 Å². The fourth-order valence-corrected chi connectivity index (χ4v) is 5.01. The maximum atomic E-state index is 14.7. The zero-order valence-corrected chi connectivity index (χ0v) is 15.2. The van der Waals surface area contributed by atoms with E-state index in [0.29, 0.717) is 37.8 Å². The predicted molar refractivity (Wildman–Crippen MR) is 96.2 cm³/mol. The van der Waals surface area contributed by atoms with Crippen LogP contribution in [0.4, 0.5) is 13.6 Å². The summed E-state index contributed by atoms with van der Waals surface area (Å²) in [6, 6.07) is 8.64. The Morgan fingerprint density at radius 1 is 1.11 bits per heavy atom. The minimum absolute atomic E-state index is 0.0198. The molecule has 0 bridgehead atoms. The number of amides is 3. The number of piperidine rings is 1. The summed E-state index contributed by atoms with van der Waals surface area (Å²) >= 11 is 0. The summed E-state index contributed by atoms with van der Waals surface area (Å²) in [4.78, 5) is 25.3. The number of urea groups is 1. The lowest BCUT2D eigenvalue weighted by atomic mass is 9.85. The molecular weight excluding hydrogens is 352 g/mol. The van der Waals surface area contributed by atoms with E-state index in [1.54, 1.807) is 24.3 Å². The van der Waals surface area contributed by atoms with E-state index in [9.17, 15) is 18.4 Å². The highest BCUT2D eigenvalue weighted by Gasteiger charge is 2.81. The monoisotopic (exact) mass is 377 g/mol. The summed E-state index contributed by atoms with van der Waals surface area (Å²) in [5.74, 6) is -4.01. The molecule has 3 aliphatic rings. The number of carbonyl (C=O) groups is 2. The van der Waals surface area contributed by atoms with Gasteiger partial charge in [-0.05, 0) is 37.7 Å². The summed E-state index contributed by atoms with van der Waals surface area (Å²) in [6.07, 6.45) is 2.99. The fraction of sp³-hybridized carbons (Fsp3) is 0.600. The van der Waals surface area contributed by atoms with Gasteiger partial charge in [0.05, 0.1) is 11.3 Å². The number of rotatable bonds is 3.